The normalized spacial score (nSPS) is 15.3. The van der Waals surface area contributed by atoms with Gasteiger partial charge in [-0.3, -0.25) is 0 Å². The molecule has 2 atom stereocenters. The summed E-state index contributed by atoms with van der Waals surface area (Å²) in [6.07, 6.45) is 8.93. The van der Waals surface area contributed by atoms with Crippen molar-refractivity contribution in [2.45, 2.75) is 38.1 Å². The average molecular weight is 923 g/mol. The van der Waals surface area contributed by atoms with Crippen LogP contribution in [0.15, 0.2) is 212 Å². The summed E-state index contributed by atoms with van der Waals surface area (Å²) < 4.78 is 6.84. The van der Waals surface area contributed by atoms with E-state index in [0.29, 0.717) is 28.2 Å². The van der Waals surface area contributed by atoms with Crippen LogP contribution in [-0.4, -0.2) is 19.7 Å². The fourth-order valence-corrected chi connectivity index (χ4v) is 12.3. The second-order valence-electron chi connectivity index (χ2n) is 20.2. The van der Waals surface area contributed by atoms with Crippen molar-refractivity contribution in [3.63, 3.8) is 0 Å². The molecule has 340 valence electrons. The van der Waals surface area contributed by atoms with E-state index in [2.05, 4.69) is 264 Å². The highest BCUT2D eigenvalue weighted by molar-refractivity contribution is 6.15. The van der Waals surface area contributed by atoms with Crippen molar-refractivity contribution in [2.24, 2.45) is 0 Å². The van der Waals surface area contributed by atoms with E-state index < -0.39 is 0 Å². The molecule has 0 N–H and O–H groups in total. The highest BCUT2D eigenvalue weighted by atomic mass is 15.2. The maximum absolute atomic E-state index is 12.3. The largest absolute Gasteiger partial charge is 0.333 e. The lowest BCUT2D eigenvalue weighted by Crippen LogP contribution is -2.28. The van der Waals surface area contributed by atoms with E-state index in [9.17, 15) is 10.5 Å². The second kappa shape index (κ2) is 15.6. The van der Waals surface area contributed by atoms with Crippen LogP contribution < -0.4 is 4.90 Å². The molecule has 2 aliphatic rings. The van der Waals surface area contributed by atoms with Crippen LogP contribution in [0, 0.1) is 22.7 Å². The predicted octanol–water partition coefficient (Wildman–Crippen LogP) is 16.4. The molecule has 1 aliphatic heterocycles. The molecule has 4 heterocycles. The van der Waals surface area contributed by atoms with Crippen molar-refractivity contribution in [3.05, 3.63) is 235 Å². The SMILES string of the molecule is CC(C)(C)c1ccc(-c2c(-n3c4ccccc4c4ccccc43)c(C#N)c(-n3c4ccccc4c4cc5c(cc43)C3C=CC=CC3N5c3ccccc3)c(C#N)c2-n2c3ccccc3c3ccccc32)cc1. The molecular weight excluding hydrogens is 877 g/mol. The molecule has 9 aromatic carbocycles. The van der Waals surface area contributed by atoms with Gasteiger partial charge in [-0.15, -0.1) is 0 Å². The van der Waals surface area contributed by atoms with Crippen molar-refractivity contribution < 1.29 is 0 Å². The highest BCUT2D eigenvalue weighted by Gasteiger charge is 2.39. The van der Waals surface area contributed by atoms with Crippen LogP contribution in [0.5, 0.6) is 0 Å². The zero-order chi connectivity index (χ0) is 48.4. The third kappa shape index (κ3) is 5.81. The molecule has 14 rings (SSSR count). The lowest BCUT2D eigenvalue weighted by atomic mass is 9.85. The lowest BCUT2D eigenvalue weighted by Gasteiger charge is -2.28. The first-order valence-corrected chi connectivity index (χ1v) is 24.7. The first kappa shape index (κ1) is 41.6. The van der Waals surface area contributed by atoms with E-state index in [1.165, 1.54) is 11.1 Å². The molecule has 0 saturated carbocycles. The molecule has 72 heavy (non-hydrogen) atoms. The van der Waals surface area contributed by atoms with Crippen LogP contribution in [0.25, 0.3) is 93.6 Å². The van der Waals surface area contributed by atoms with E-state index >= 15 is 0 Å². The minimum absolute atomic E-state index is 0.0757. The van der Waals surface area contributed by atoms with Gasteiger partial charge in [-0.05, 0) is 76.7 Å². The van der Waals surface area contributed by atoms with Gasteiger partial charge in [0.2, 0.25) is 0 Å². The summed E-state index contributed by atoms with van der Waals surface area (Å²) in [5.41, 5.74) is 14.8. The first-order valence-electron chi connectivity index (χ1n) is 24.7. The van der Waals surface area contributed by atoms with Gasteiger partial charge in [0.25, 0.3) is 0 Å². The van der Waals surface area contributed by atoms with Crippen LogP contribution in [0.1, 0.15) is 48.9 Å². The summed E-state index contributed by atoms with van der Waals surface area (Å²) in [5.74, 6) is 0.0757. The smallest absolute Gasteiger partial charge is 0.104 e. The Morgan fingerprint density at radius 1 is 0.431 bits per heavy atom. The number of fused-ring (bicyclic) bond motifs is 12. The Balaban J connectivity index is 1.22. The van der Waals surface area contributed by atoms with Crippen molar-refractivity contribution in [1.29, 1.82) is 10.5 Å². The Bertz CT molecular complexity index is 4140. The number of hydrogen-bond donors (Lipinski definition) is 0. The summed E-state index contributed by atoms with van der Waals surface area (Å²) in [6.45, 7) is 6.69. The molecular formula is C66H46N6. The fourth-order valence-electron chi connectivity index (χ4n) is 12.3. The van der Waals surface area contributed by atoms with Gasteiger partial charge >= 0.3 is 0 Å². The number of nitrogens with zero attached hydrogens (tertiary/aromatic N) is 6. The maximum Gasteiger partial charge on any atom is 0.104 e. The Morgan fingerprint density at radius 3 is 1.33 bits per heavy atom. The number of nitriles is 2. The molecule has 0 saturated heterocycles. The number of para-hydroxylation sites is 6. The summed E-state index contributed by atoms with van der Waals surface area (Å²) in [7, 11) is 0. The van der Waals surface area contributed by atoms with Gasteiger partial charge in [-0.1, -0.05) is 179 Å². The van der Waals surface area contributed by atoms with Gasteiger partial charge in [0.05, 0.1) is 56.2 Å². The lowest BCUT2D eigenvalue weighted by molar-refractivity contribution is 0.590. The minimum atomic E-state index is -0.109. The number of aromatic nitrogens is 3. The van der Waals surface area contributed by atoms with Gasteiger partial charge in [-0.25, -0.2) is 0 Å². The molecule has 0 spiro atoms. The Kier molecular flexibility index (Phi) is 9.00. The van der Waals surface area contributed by atoms with E-state index in [4.69, 9.17) is 0 Å². The predicted molar refractivity (Wildman–Crippen MR) is 296 cm³/mol. The van der Waals surface area contributed by atoms with Crippen LogP contribution in [-0.2, 0) is 5.41 Å². The van der Waals surface area contributed by atoms with Crippen molar-refractivity contribution in [3.8, 4) is 40.3 Å². The average Bonchev–Trinajstić information content (AvgIpc) is 4.14. The Labute approximate surface area is 417 Å². The number of hydrogen-bond acceptors (Lipinski definition) is 3. The molecule has 2 unspecified atom stereocenters. The number of allylic oxidation sites excluding steroid dienone is 2. The summed E-state index contributed by atoms with van der Waals surface area (Å²) in [5, 5.41) is 31.1. The fraction of sp³-hybridized carbons (Fsp3) is 0.0909. The van der Waals surface area contributed by atoms with E-state index in [1.807, 2.05) is 0 Å². The Hall–Kier alpha value is -9.36. The van der Waals surface area contributed by atoms with E-state index in [0.717, 1.165) is 87.9 Å². The molecule has 0 bridgehead atoms. The zero-order valence-corrected chi connectivity index (χ0v) is 40.0. The molecule has 6 heteroatoms. The molecule has 0 amide bonds. The molecule has 3 aromatic heterocycles. The van der Waals surface area contributed by atoms with Gasteiger partial charge in [-0.2, -0.15) is 10.5 Å². The zero-order valence-electron chi connectivity index (χ0n) is 40.0. The topological polar surface area (TPSA) is 65.6 Å². The van der Waals surface area contributed by atoms with Gasteiger partial charge < -0.3 is 18.6 Å². The Morgan fingerprint density at radius 2 is 0.861 bits per heavy atom. The number of anilines is 2. The van der Waals surface area contributed by atoms with Crippen molar-refractivity contribution in [1.82, 2.24) is 13.7 Å². The van der Waals surface area contributed by atoms with Crippen LogP contribution in [0.4, 0.5) is 11.4 Å². The summed E-state index contributed by atoms with van der Waals surface area (Å²) in [4.78, 5) is 2.47. The van der Waals surface area contributed by atoms with Crippen molar-refractivity contribution in [2.75, 3.05) is 4.90 Å². The van der Waals surface area contributed by atoms with Crippen molar-refractivity contribution >= 4 is 76.8 Å². The molecule has 0 fully saturated rings. The minimum Gasteiger partial charge on any atom is -0.333 e. The van der Waals surface area contributed by atoms with Crippen LogP contribution in [0.3, 0.4) is 0 Å². The van der Waals surface area contributed by atoms with Gasteiger partial charge in [0, 0.05) is 55.2 Å². The standard InChI is InChI=1S/C66H46N6/c1-66(2,3)42-35-33-41(34-36-42)62-64(70-55-28-14-7-21-44(55)45-22-8-15-29-56(45)70)52(39-67)63(53(40-68)65(62)71-57-30-16-9-23-46(57)47-24-10-17-31-58(47)71)72-59-32-18-12-26-49(59)51-37-60-50(38-61(51)72)48-25-11-13-27-54(48)69(60)43-19-5-4-6-20-43/h4-38,48,54H,1-3H3. The monoisotopic (exact) mass is 922 g/mol. The van der Waals surface area contributed by atoms with Gasteiger partial charge in [0.15, 0.2) is 0 Å². The third-order valence-corrected chi connectivity index (χ3v) is 15.4. The molecule has 0 radical (unpaired) electrons. The third-order valence-electron chi connectivity index (χ3n) is 15.4. The maximum atomic E-state index is 12.3. The summed E-state index contributed by atoms with van der Waals surface area (Å²) >= 11 is 0. The second-order valence-corrected chi connectivity index (χ2v) is 20.2. The summed E-state index contributed by atoms with van der Waals surface area (Å²) in [6, 6.07) is 72.4. The van der Waals surface area contributed by atoms with E-state index in [-0.39, 0.29) is 17.4 Å². The molecule has 1 aliphatic carbocycles. The van der Waals surface area contributed by atoms with Crippen LogP contribution >= 0.6 is 0 Å². The number of benzene rings is 9. The van der Waals surface area contributed by atoms with Crippen LogP contribution in [0.2, 0.25) is 0 Å². The van der Waals surface area contributed by atoms with E-state index in [1.54, 1.807) is 0 Å². The molecule has 6 nitrogen and oxygen atoms in total. The number of rotatable bonds is 5. The molecule has 12 aromatic rings. The first-order chi connectivity index (χ1) is 35.3. The highest BCUT2D eigenvalue weighted by Crippen LogP contribution is 2.53. The quantitative estimate of drug-likeness (QED) is 0.173. The van der Waals surface area contributed by atoms with Gasteiger partial charge in [0.1, 0.15) is 23.3 Å².